The van der Waals surface area contributed by atoms with Crippen LogP contribution in [0.1, 0.15) is 19.4 Å². The minimum Gasteiger partial charge on any atom is -0.466 e. The first kappa shape index (κ1) is 13.3. The summed E-state index contributed by atoms with van der Waals surface area (Å²) in [6.07, 6.45) is 1.51. The Bertz CT molecular complexity index is 382. The van der Waals surface area contributed by atoms with Gasteiger partial charge in [-0.25, -0.2) is 4.79 Å². The van der Waals surface area contributed by atoms with E-state index in [2.05, 4.69) is 10.1 Å². The largest absolute Gasteiger partial charge is 0.466 e. The van der Waals surface area contributed by atoms with Crippen molar-refractivity contribution >= 4 is 5.97 Å². The van der Waals surface area contributed by atoms with Crippen molar-refractivity contribution < 1.29 is 9.53 Å². The average Bonchev–Trinajstić information content (AvgIpc) is 2.35. The number of allylic oxidation sites excluding steroid dienone is 1. The smallest absolute Gasteiger partial charge is 0.332 e. The van der Waals surface area contributed by atoms with Gasteiger partial charge in [-0.2, -0.15) is 0 Å². The maximum atomic E-state index is 11.2. The molecule has 0 spiro atoms. The van der Waals surface area contributed by atoms with E-state index >= 15 is 0 Å². The molecular weight excluding hydrogens is 214 g/mol. The van der Waals surface area contributed by atoms with Gasteiger partial charge in [0.25, 0.3) is 0 Å². The molecule has 0 radical (unpaired) electrons. The molecule has 0 aliphatic rings. The predicted octanol–water partition coefficient (Wildman–Crippen LogP) is 2.49. The van der Waals surface area contributed by atoms with Crippen LogP contribution in [0, 0.1) is 5.92 Å². The lowest BCUT2D eigenvalue weighted by atomic mass is 10.1. The van der Waals surface area contributed by atoms with E-state index in [4.69, 9.17) is 0 Å². The van der Waals surface area contributed by atoms with E-state index in [1.54, 1.807) is 0 Å². The second kappa shape index (κ2) is 6.74. The molecule has 17 heavy (non-hydrogen) atoms. The molecule has 3 heteroatoms. The number of esters is 1. The summed E-state index contributed by atoms with van der Waals surface area (Å²) in [6.45, 7) is 4.78. The SMILES string of the molecule is COC(=O)C=C(NCc1ccccc1)C(C)C. The summed E-state index contributed by atoms with van der Waals surface area (Å²) in [5, 5.41) is 3.26. The van der Waals surface area contributed by atoms with Crippen LogP contribution in [0.2, 0.25) is 0 Å². The van der Waals surface area contributed by atoms with Crippen LogP contribution in [-0.4, -0.2) is 13.1 Å². The predicted molar refractivity (Wildman–Crippen MR) is 68.2 cm³/mol. The van der Waals surface area contributed by atoms with Gasteiger partial charge in [0.1, 0.15) is 0 Å². The highest BCUT2D eigenvalue weighted by atomic mass is 16.5. The summed E-state index contributed by atoms with van der Waals surface area (Å²) in [6, 6.07) is 10.1. The van der Waals surface area contributed by atoms with Gasteiger partial charge in [-0.15, -0.1) is 0 Å². The van der Waals surface area contributed by atoms with Gasteiger partial charge in [0.2, 0.25) is 0 Å². The summed E-state index contributed by atoms with van der Waals surface area (Å²) < 4.78 is 4.63. The van der Waals surface area contributed by atoms with E-state index in [9.17, 15) is 4.79 Å². The van der Waals surface area contributed by atoms with E-state index in [1.807, 2.05) is 44.2 Å². The van der Waals surface area contributed by atoms with Crippen LogP contribution in [0.3, 0.4) is 0 Å². The molecule has 0 amide bonds. The molecule has 3 nitrogen and oxygen atoms in total. The van der Waals surface area contributed by atoms with Gasteiger partial charge in [-0.3, -0.25) is 0 Å². The monoisotopic (exact) mass is 233 g/mol. The van der Waals surface area contributed by atoms with E-state index in [0.29, 0.717) is 6.54 Å². The molecule has 0 bridgehead atoms. The highest BCUT2D eigenvalue weighted by molar-refractivity contribution is 5.82. The second-order valence-corrected chi connectivity index (χ2v) is 4.12. The minimum absolute atomic E-state index is 0.262. The normalized spacial score (nSPS) is 11.4. The molecule has 0 aromatic heterocycles. The molecule has 0 saturated carbocycles. The molecule has 0 unspecified atom stereocenters. The molecule has 0 saturated heterocycles. The van der Waals surface area contributed by atoms with Gasteiger partial charge >= 0.3 is 5.97 Å². The van der Waals surface area contributed by atoms with Crippen LogP contribution in [-0.2, 0) is 16.1 Å². The third kappa shape index (κ3) is 4.72. The lowest BCUT2D eigenvalue weighted by Gasteiger charge is -2.14. The number of carbonyl (C=O) groups is 1. The summed E-state index contributed by atoms with van der Waals surface area (Å²) in [5.74, 6) is -0.0629. The molecule has 92 valence electrons. The van der Waals surface area contributed by atoms with Gasteiger partial charge < -0.3 is 10.1 Å². The van der Waals surface area contributed by atoms with E-state index in [0.717, 1.165) is 5.70 Å². The number of nitrogens with one attached hydrogen (secondary N) is 1. The van der Waals surface area contributed by atoms with Crippen molar-refractivity contribution in [3.8, 4) is 0 Å². The number of ether oxygens (including phenoxy) is 1. The molecule has 1 rings (SSSR count). The molecule has 0 fully saturated rings. The molecule has 1 N–H and O–H groups in total. The van der Waals surface area contributed by atoms with E-state index < -0.39 is 0 Å². The van der Waals surface area contributed by atoms with Gasteiger partial charge in [-0.1, -0.05) is 44.2 Å². The number of rotatable bonds is 5. The molecule has 0 atom stereocenters. The van der Waals surface area contributed by atoms with Crippen LogP contribution in [0.5, 0.6) is 0 Å². The molecule has 0 heterocycles. The third-order valence-electron chi connectivity index (χ3n) is 2.44. The topological polar surface area (TPSA) is 38.3 Å². The maximum absolute atomic E-state index is 11.2. The standard InChI is InChI=1S/C14H19NO2/c1-11(2)13(9-14(16)17-3)15-10-12-7-5-4-6-8-12/h4-9,11,15H,10H2,1-3H3. The number of hydrogen-bond donors (Lipinski definition) is 1. The fraction of sp³-hybridized carbons (Fsp3) is 0.357. The number of benzene rings is 1. The number of carbonyl (C=O) groups excluding carboxylic acids is 1. The van der Waals surface area contributed by atoms with Crippen molar-refractivity contribution in [3.63, 3.8) is 0 Å². The molecular formula is C14H19NO2. The van der Waals surface area contributed by atoms with Gasteiger partial charge in [-0.05, 0) is 11.5 Å². The Hall–Kier alpha value is -1.77. The van der Waals surface area contributed by atoms with Crippen molar-refractivity contribution in [1.82, 2.24) is 5.32 Å². The first-order valence-corrected chi connectivity index (χ1v) is 5.71. The fourth-order valence-electron chi connectivity index (χ4n) is 1.41. The third-order valence-corrected chi connectivity index (χ3v) is 2.44. The summed E-state index contributed by atoms with van der Waals surface area (Å²) >= 11 is 0. The Labute approximate surface area is 102 Å². The van der Waals surface area contributed by atoms with E-state index in [-0.39, 0.29) is 11.9 Å². The summed E-state index contributed by atoms with van der Waals surface area (Å²) in [7, 11) is 1.38. The van der Waals surface area contributed by atoms with Crippen LogP contribution in [0.4, 0.5) is 0 Å². The van der Waals surface area contributed by atoms with Crippen LogP contribution >= 0.6 is 0 Å². The zero-order chi connectivity index (χ0) is 12.7. The Morgan fingerprint density at radius 1 is 1.35 bits per heavy atom. The maximum Gasteiger partial charge on any atom is 0.332 e. The summed E-state index contributed by atoms with van der Waals surface area (Å²) in [4.78, 5) is 11.2. The number of hydrogen-bond acceptors (Lipinski definition) is 3. The quantitative estimate of drug-likeness (QED) is 0.627. The highest BCUT2D eigenvalue weighted by Gasteiger charge is 2.06. The fourth-order valence-corrected chi connectivity index (χ4v) is 1.41. The van der Waals surface area contributed by atoms with Crippen LogP contribution in [0.25, 0.3) is 0 Å². The van der Waals surface area contributed by atoms with Crippen LogP contribution < -0.4 is 5.32 Å². The Kier molecular flexibility index (Phi) is 5.27. The number of methoxy groups -OCH3 is 1. The average molecular weight is 233 g/mol. The molecule has 0 aliphatic carbocycles. The van der Waals surface area contributed by atoms with Crippen molar-refractivity contribution in [2.24, 2.45) is 5.92 Å². The summed E-state index contributed by atoms with van der Waals surface area (Å²) in [5.41, 5.74) is 2.07. The van der Waals surface area contributed by atoms with Crippen molar-refractivity contribution in [1.29, 1.82) is 0 Å². The van der Waals surface area contributed by atoms with Gasteiger partial charge in [0.05, 0.1) is 7.11 Å². The van der Waals surface area contributed by atoms with Crippen molar-refractivity contribution in [2.45, 2.75) is 20.4 Å². The van der Waals surface area contributed by atoms with E-state index in [1.165, 1.54) is 18.7 Å². The van der Waals surface area contributed by atoms with Gasteiger partial charge in [0.15, 0.2) is 0 Å². The van der Waals surface area contributed by atoms with Crippen molar-refractivity contribution in [3.05, 3.63) is 47.7 Å². The lowest BCUT2D eigenvalue weighted by molar-refractivity contribution is -0.134. The van der Waals surface area contributed by atoms with Crippen molar-refractivity contribution in [2.75, 3.05) is 7.11 Å². The lowest BCUT2D eigenvalue weighted by Crippen LogP contribution is -2.18. The molecule has 1 aromatic rings. The first-order valence-electron chi connectivity index (χ1n) is 5.71. The highest BCUT2D eigenvalue weighted by Crippen LogP contribution is 2.08. The zero-order valence-electron chi connectivity index (χ0n) is 10.6. The Morgan fingerprint density at radius 2 is 2.00 bits per heavy atom. The Balaban J connectivity index is 2.63. The molecule has 0 aliphatic heterocycles. The Morgan fingerprint density at radius 3 is 2.53 bits per heavy atom. The first-order chi connectivity index (χ1) is 8.13. The minimum atomic E-state index is -0.325. The van der Waals surface area contributed by atoms with Crippen LogP contribution in [0.15, 0.2) is 42.1 Å². The second-order valence-electron chi connectivity index (χ2n) is 4.12. The zero-order valence-corrected chi connectivity index (χ0v) is 10.6. The van der Waals surface area contributed by atoms with Gasteiger partial charge in [0, 0.05) is 18.3 Å². The molecule has 1 aromatic carbocycles.